The summed E-state index contributed by atoms with van der Waals surface area (Å²) in [6.07, 6.45) is -4.53. The lowest BCUT2D eigenvalue weighted by molar-refractivity contribution is -0.384. The summed E-state index contributed by atoms with van der Waals surface area (Å²) < 4.78 is 39.4. The van der Waals surface area contributed by atoms with Gasteiger partial charge < -0.3 is 0 Å². The van der Waals surface area contributed by atoms with Crippen molar-refractivity contribution in [2.75, 3.05) is 0 Å². The lowest BCUT2D eigenvalue weighted by atomic mass is 10.1. The SMILES string of the molecule is O=c1ccc(-c2cccc(C(F)(F)F)c2)nn1-c1ccccc1[N+](=O)[O-]. The minimum atomic E-state index is -4.53. The van der Waals surface area contributed by atoms with Crippen LogP contribution in [0.1, 0.15) is 5.56 Å². The summed E-state index contributed by atoms with van der Waals surface area (Å²) in [5.74, 6) is 0. The average molecular weight is 361 g/mol. The van der Waals surface area contributed by atoms with Crippen LogP contribution in [0.5, 0.6) is 0 Å². The van der Waals surface area contributed by atoms with E-state index in [1.807, 2.05) is 0 Å². The van der Waals surface area contributed by atoms with E-state index in [2.05, 4.69) is 5.10 Å². The molecule has 3 rings (SSSR count). The predicted molar refractivity (Wildman–Crippen MR) is 86.9 cm³/mol. The van der Waals surface area contributed by atoms with Gasteiger partial charge in [0, 0.05) is 17.7 Å². The van der Waals surface area contributed by atoms with E-state index >= 15 is 0 Å². The number of halogens is 3. The van der Waals surface area contributed by atoms with E-state index < -0.39 is 22.2 Å². The Balaban J connectivity index is 2.16. The largest absolute Gasteiger partial charge is 0.416 e. The summed E-state index contributed by atoms with van der Waals surface area (Å²) >= 11 is 0. The van der Waals surface area contributed by atoms with Crippen LogP contribution < -0.4 is 5.56 Å². The second-order valence-electron chi connectivity index (χ2n) is 5.29. The van der Waals surface area contributed by atoms with Crippen LogP contribution in [0.15, 0.2) is 65.5 Å². The Morgan fingerprint density at radius 3 is 2.42 bits per heavy atom. The van der Waals surface area contributed by atoms with Crippen molar-refractivity contribution in [3.63, 3.8) is 0 Å². The predicted octanol–water partition coefficient (Wildman–Crippen LogP) is 3.83. The number of hydrogen-bond donors (Lipinski definition) is 0. The van der Waals surface area contributed by atoms with Crippen LogP contribution >= 0.6 is 0 Å². The Labute approximate surface area is 144 Å². The van der Waals surface area contributed by atoms with Gasteiger partial charge in [0.15, 0.2) is 0 Å². The molecule has 1 heterocycles. The fourth-order valence-corrected chi connectivity index (χ4v) is 2.39. The number of rotatable bonds is 3. The van der Waals surface area contributed by atoms with Crippen LogP contribution in [0, 0.1) is 10.1 Å². The van der Waals surface area contributed by atoms with E-state index in [0.717, 1.165) is 22.9 Å². The first-order chi connectivity index (χ1) is 12.3. The molecule has 0 fully saturated rings. The van der Waals surface area contributed by atoms with E-state index in [1.54, 1.807) is 0 Å². The molecular formula is C17H10F3N3O3. The summed E-state index contributed by atoms with van der Waals surface area (Å²) in [7, 11) is 0. The maximum atomic E-state index is 12.9. The summed E-state index contributed by atoms with van der Waals surface area (Å²) in [6, 6.07) is 12.3. The van der Waals surface area contributed by atoms with Crippen molar-refractivity contribution in [3.8, 4) is 16.9 Å². The Kier molecular flexibility index (Phi) is 4.29. The third-order valence-corrected chi connectivity index (χ3v) is 3.59. The highest BCUT2D eigenvalue weighted by molar-refractivity contribution is 5.60. The Bertz CT molecular complexity index is 1040. The van der Waals surface area contributed by atoms with Crippen molar-refractivity contribution < 1.29 is 18.1 Å². The molecule has 6 nitrogen and oxygen atoms in total. The number of nitro groups is 1. The minimum absolute atomic E-state index is 0.0728. The van der Waals surface area contributed by atoms with Gasteiger partial charge in [0.25, 0.3) is 11.2 Å². The van der Waals surface area contributed by atoms with E-state index in [9.17, 15) is 28.1 Å². The number of nitro benzene ring substituents is 1. The highest BCUT2D eigenvalue weighted by atomic mass is 19.4. The van der Waals surface area contributed by atoms with Crippen LogP contribution in [0.25, 0.3) is 16.9 Å². The van der Waals surface area contributed by atoms with Crippen molar-refractivity contribution >= 4 is 5.69 Å². The lowest BCUT2D eigenvalue weighted by Gasteiger charge is -2.10. The molecule has 0 atom stereocenters. The van der Waals surface area contributed by atoms with Crippen LogP contribution in [0.4, 0.5) is 18.9 Å². The molecule has 132 valence electrons. The first-order valence-electron chi connectivity index (χ1n) is 7.29. The van der Waals surface area contributed by atoms with Crippen molar-refractivity contribution in [1.29, 1.82) is 0 Å². The van der Waals surface area contributed by atoms with E-state index in [0.29, 0.717) is 0 Å². The average Bonchev–Trinajstić information content (AvgIpc) is 2.61. The maximum Gasteiger partial charge on any atom is 0.416 e. The monoisotopic (exact) mass is 361 g/mol. The zero-order chi connectivity index (χ0) is 18.9. The summed E-state index contributed by atoms with van der Waals surface area (Å²) in [6.45, 7) is 0. The molecule has 0 aliphatic heterocycles. The number of benzene rings is 2. The number of hydrogen-bond acceptors (Lipinski definition) is 4. The smallest absolute Gasteiger partial charge is 0.267 e. The molecule has 0 saturated carbocycles. The van der Waals surface area contributed by atoms with Gasteiger partial charge in [-0.1, -0.05) is 24.3 Å². The van der Waals surface area contributed by atoms with Crippen LogP contribution in [-0.4, -0.2) is 14.7 Å². The van der Waals surface area contributed by atoms with E-state index in [4.69, 9.17) is 0 Å². The fourth-order valence-electron chi connectivity index (χ4n) is 2.39. The van der Waals surface area contributed by atoms with E-state index in [-0.39, 0.29) is 22.6 Å². The Morgan fingerprint density at radius 1 is 1.00 bits per heavy atom. The molecule has 0 amide bonds. The topological polar surface area (TPSA) is 78.0 Å². The van der Waals surface area contributed by atoms with Gasteiger partial charge in [-0.25, -0.2) is 0 Å². The first-order valence-corrected chi connectivity index (χ1v) is 7.29. The van der Waals surface area contributed by atoms with Gasteiger partial charge in [0.2, 0.25) is 0 Å². The molecule has 0 bridgehead atoms. The first kappa shape index (κ1) is 17.3. The molecule has 0 radical (unpaired) electrons. The second kappa shape index (κ2) is 6.43. The van der Waals surface area contributed by atoms with Gasteiger partial charge in [-0.15, -0.1) is 0 Å². The number of alkyl halides is 3. The zero-order valence-electron chi connectivity index (χ0n) is 13.0. The quantitative estimate of drug-likeness (QED) is 0.525. The summed E-state index contributed by atoms with van der Waals surface area (Å²) in [5.41, 5.74) is -1.71. The van der Waals surface area contributed by atoms with Gasteiger partial charge in [-0.3, -0.25) is 14.9 Å². The van der Waals surface area contributed by atoms with Crippen molar-refractivity contribution in [1.82, 2.24) is 9.78 Å². The van der Waals surface area contributed by atoms with Crippen LogP contribution in [0.3, 0.4) is 0 Å². The number of aromatic nitrogens is 2. The van der Waals surface area contributed by atoms with Gasteiger partial charge in [-0.2, -0.15) is 23.0 Å². The Morgan fingerprint density at radius 2 is 1.73 bits per heavy atom. The fraction of sp³-hybridized carbons (Fsp3) is 0.0588. The summed E-state index contributed by atoms with van der Waals surface area (Å²) in [5, 5.41) is 15.2. The zero-order valence-corrected chi connectivity index (χ0v) is 13.0. The number of nitrogens with zero attached hydrogens (tertiary/aromatic N) is 3. The molecule has 0 aliphatic rings. The molecule has 0 spiro atoms. The van der Waals surface area contributed by atoms with Gasteiger partial charge in [0.1, 0.15) is 5.69 Å². The molecule has 1 aromatic heterocycles. The molecule has 0 N–H and O–H groups in total. The number of para-hydroxylation sites is 2. The van der Waals surface area contributed by atoms with Crippen molar-refractivity contribution in [2.24, 2.45) is 0 Å². The highest BCUT2D eigenvalue weighted by Crippen LogP contribution is 2.31. The molecular weight excluding hydrogens is 351 g/mol. The standard InChI is InChI=1S/C17H10F3N3O3/c18-17(19,20)12-5-3-4-11(10-12)13-8-9-16(24)22(21-13)14-6-1-2-7-15(14)23(25)26/h1-10H. The minimum Gasteiger partial charge on any atom is -0.267 e. The van der Waals surface area contributed by atoms with Gasteiger partial charge in [0.05, 0.1) is 16.2 Å². The molecule has 9 heteroatoms. The second-order valence-corrected chi connectivity index (χ2v) is 5.29. The molecule has 26 heavy (non-hydrogen) atoms. The normalized spacial score (nSPS) is 11.3. The third kappa shape index (κ3) is 3.32. The van der Waals surface area contributed by atoms with Crippen molar-refractivity contribution in [2.45, 2.75) is 6.18 Å². The highest BCUT2D eigenvalue weighted by Gasteiger charge is 2.30. The van der Waals surface area contributed by atoms with E-state index in [1.165, 1.54) is 42.5 Å². The maximum absolute atomic E-state index is 12.9. The molecule has 0 unspecified atom stereocenters. The van der Waals surface area contributed by atoms with Crippen molar-refractivity contribution in [3.05, 3.63) is 86.7 Å². The van der Waals surface area contributed by atoms with Crippen LogP contribution in [-0.2, 0) is 6.18 Å². The molecule has 0 saturated heterocycles. The molecule has 0 aliphatic carbocycles. The Hall–Kier alpha value is -3.49. The van der Waals surface area contributed by atoms with Gasteiger partial charge >= 0.3 is 6.18 Å². The van der Waals surface area contributed by atoms with Crippen LogP contribution in [0.2, 0.25) is 0 Å². The van der Waals surface area contributed by atoms with Gasteiger partial charge in [-0.05, 0) is 24.3 Å². The molecule has 3 aromatic rings. The summed E-state index contributed by atoms with van der Waals surface area (Å²) in [4.78, 5) is 22.6. The molecule has 2 aromatic carbocycles. The lowest BCUT2D eigenvalue weighted by Crippen LogP contribution is -2.21. The third-order valence-electron chi connectivity index (χ3n) is 3.59.